The fraction of sp³-hybridized carbons (Fsp3) is 0.625. The maximum absolute atomic E-state index is 9.41. The maximum Gasteiger partial charge on any atom is 0.161 e. The molecular weight excluding hydrogens is 254 g/mol. The van der Waals surface area contributed by atoms with Crippen LogP contribution >= 0.6 is 0 Å². The third-order valence-corrected chi connectivity index (χ3v) is 4.90. The number of fused-ring (bicyclic) bond motifs is 2. The van der Waals surface area contributed by atoms with Gasteiger partial charge in [-0.3, -0.25) is 0 Å². The summed E-state index contributed by atoms with van der Waals surface area (Å²) in [5.41, 5.74) is 2.89. The lowest BCUT2D eigenvalue weighted by Gasteiger charge is -2.22. The zero-order chi connectivity index (χ0) is 13.6. The van der Waals surface area contributed by atoms with Crippen molar-refractivity contribution in [1.82, 2.24) is 5.32 Å². The molecule has 4 heteroatoms. The molecule has 0 aromatic heterocycles. The quantitative estimate of drug-likeness (QED) is 0.880. The van der Waals surface area contributed by atoms with Crippen molar-refractivity contribution < 1.29 is 14.6 Å². The first-order chi connectivity index (χ1) is 9.80. The molecule has 2 N–H and O–H groups in total. The van der Waals surface area contributed by atoms with Gasteiger partial charge in [0.05, 0.1) is 0 Å². The summed E-state index contributed by atoms with van der Waals surface area (Å²) in [6.07, 6.45) is 4.52. The molecule has 1 heterocycles. The Labute approximate surface area is 119 Å². The molecular formula is C16H21NO3. The Morgan fingerprint density at radius 2 is 1.95 bits per heavy atom. The minimum atomic E-state index is 0.163. The van der Waals surface area contributed by atoms with Crippen LogP contribution in [0.15, 0.2) is 12.1 Å². The van der Waals surface area contributed by atoms with Gasteiger partial charge in [0.1, 0.15) is 13.2 Å². The lowest BCUT2D eigenvalue weighted by atomic mass is 10.0. The summed E-state index contributed by atoms with van der Waals surface area (Å²) in [5.74, 6) is 1.77. The second-order valence-electron chi connectivity index (χ2n) is 6.32. The maximum atomic E-state index is 9.41. The van der Waals surface area contributed by atoms with E-state index in [2.05, 4.69) is 17.4 Å². The standard InChI is InChI=1S/C16H21NO3/c18-10-16(3-4-16)9-17-13-2-1-11-7-14-15(8-12(11)13)20-6-5-19-14/h7-8,13,17-18H,1-6,9-10H2. The number of hydrogen-bond acceptors (Lipinski definition) is 4. The highest BCUT2D eigenvalue weighted by Crippen LogP contribution is 2.46. The Kier molecular flexibility index (Phi) is 2.89. The van der Waals surface area contributed by atoms with Gasteiger partial charge in [0.2, 0.25) is 0 Å². The summed E-state index contributed by atoms with van der Waals surface area (Å²) in [4.78, 5) is 0. The van der Waals surface area contributed by atoms with Crippen molar-refractivity contribution in [3.8, 4) is 11.5 Å². The third-order valence-electron chi connectivity index (χ3n) is 4.90. The number of aliphatic hydroxyl groups is 1. The van der Waals surface area contributed by atoms with E-state index in [1.54, 1.807) is 0 Å². The van der Waals surface area contributed by atoms with Crippen LogP contribution < -0.4 is 14.8 Å². The summed E-state index contributed by atoms with van der Waals surface area (Å²) in [6.45, 7) is 2.51. The van der Waals surface area contributed by atoms with Crippen LogP contribution in [0, 0.1) is 5.41 Å². The summed E-state index contributed by atoms with van der Waals surface area (Å²) >= 11 is 0. The van der Waals surface area contributed by atoms with Gasteiger partial charge in [0, 0.05) is 24.6 Å². The van der Waals surface area contributed by atoms with Crippen molar-refractivity contribution in [3.05, 3.63) is 23.3 Å². The van der Waals surface area contributed by atoms with Gasteiger partial charge >= 0.3 is 0 Å². The highest BCUT2D eigenvalue weighted by Gasteiger charge is 2.42. The predicted octanol–water partition coefficient (Wildman–Crippen LogP) is 1.81. The number of aliphatic hydroxyl groups excluding tert-OH is 1. The minimum absolute atomic E-state index is 0.163. The number of ether oxygens (including phenoxy) is 2. The Morgan fingerprint density at radius 3 is 2.65 bits per heavy atom. The number of hydrogen-bond donors (Lipinski definition) is 2. The summed E-state index contributed by atoms with van der Waals surface area (Å²) < 4.78 is 11.3. The largest absolute Gasteiger partial charge is 0.486 e. The van der Waals surface area contributed by atoms with E-state index in [9.17, 15) is 5.11 Å². The Balaban J connectivity index is 1.52. The van der Waals surface area contributed by atoms with Gasteiger partial charge in [-0.1, -0.05) is 0 Å². The van der Waals surface area contributed by atoms with Crippen LogP contribution in [-0.4, -0.2) is 31.5 Å². The molecule has 0 amide bonds. The lowest BCUT2D eigenvalue weighted by molar-refractivity contribution is 0.171. The molecule has 0 radical (unpaired) electrons. The molecule has 1 unspecified atom stereocenters. The smallest absolute Gasteiger partial charge is 0.161 e. The van der Waals surface area contributed by atoms with Crippen LogP contribution in [0.3, 0.4) is 0 Å². The average Bonchev–Trinajstić information content (AvgIpc) is 3.18. The monoisotopic (exact) mass is 275 g/mol. The molecule has 1 saturated carbocycles. The topological polar surface area (TPSA) is 50.7 Å². The third kappa shape index (κ3) is 2.07. The lowest BCUT2D eigenvalue weighted by Crippen LogP contribution is -2.29. The van der Waals surface area contributed by atoms with Gasteiger partial charge < -0.3 is 19.9 Å². The molecule has 4 nitrogen and oxygen atoms in total. The highest BCUT2D eigenvalue weighted by molar-refractivity contribution is 5.50. The molecule has 0 saturated heterocycles. The number of aryl methyl sites for hydroxylation is 1. The fourth-order valence-corrected chi connectivity index (χ4v) is 3.26. The average molecular weight is 275 g/mol. The molecule has 2 aliphatic carbocycles. The van der Waals surface area contributed by atoms with Crippen LogP contribution in [0.2, 0.25) is 0 Å². The molecule has 1 aromatic rings. The molecule has 1 aromatic carbocycles. The normalized spacial score (nSPS) is 25.4. The molecule has 0 spiro atoms. The first-order valence-electron chi connectivity index (χ1n) is 7.56. The zero-order valence-electron chi connectivity index (χ0n) is 11.7. The van der Waals surface area contributed by atoms with E-state index in [0.29, 0.717) is 25.9 Å². The van der Waals surface area contributed by atoms with E-state index >= 15 is 0 Å². The Morgan fingerprint density at radius 1 is 1.20 bits per heavy atom. The van der Waals surface area contributed by atoms with Gasteiger partial charge in [0.25, 0.3) is 0 Å². The number of nitrogens with one attached hydrogen (secondary N) is 1. The van der Waals surface area contributed by atoms with Gasteiger partial charge in [-0.15, -0.1) is 0 Å². The molecule has 1 atom stereocenters. The van der Waals surface area contributed by atoms with Crippen LogP contribution in [-0.2, 0) is 6.42 Å². The van der Waals surface area contributed by atoms with E-state index < -0.39 is 0 Å². The molecule has 0 bridgehead atoms. The second kappa shape index (κ2) is 4.64. The Hall–Kier alpha value is -1.26. The van der Waals surface area contributed by atoms with Gasteiger partial charge in [-0.05, 0) is 48.9 Å². The summed E-state index contributed by atoms with van der Waals surface area (Å²) in [5, 5.41) is 13.0. The van der Waals surface area contributed by atoms with Crippen molar-refractivity contribution in [1.29, 1.82) is 0 Å². The molecule has 4 rings (SSSR count). The van der Waals surface area contributed by atoms with E-state index in [1.165, 1.54) is 11.1 Å². The molecule has 108 valence electrons. The molecule has 1 aliphatic heterocycles. The van der Waals surface area contributed by atoms with E-state index in [1.807, 2.05) is 0 Å². The van der Waals surface area contributed by atoms with E-state index in [4.69, 9.17) is 9.47 Å². The summed E-state index contributed by atoms with van der Waals surface area (Å²) in [7, 11) is 0. The number of benzene rings is 1. The highest BCUT2D eigenvalue weighted by atomic mass is 16.6. The number of rotatable bonds is 4. The second-order valence-corrected chi connectivity index (χ2v) is 6.32. The van der Waals surface area contributed by atoms with Crippen molar-refractivity contribution >= 4 is 0 Å². The SMILES string of the molecule is OCC1(CNC2CCc3cc4c(cc32)OCCO4)CC1. The minimum Gasteiger partial charge on any atom is -0.486 e. The van der Waals surface area contributed by atoms with Crippen molar-refractivity contribution in [2.24, 2.45) is 5.41 Å². The Bertz CT molecular complexity index is 525. The van der Waals surface area contributed by atoms with Crippen LogP contribution in [0.5, 0.6) is 11.5 Å². The van der Waals surface area contributed by atoms with Crippen molar-refractivity contribution in [3.63, 3.8) is 0 Å². The van der Waals surface area contributed by atoms with Gasteiger partial charge in [-0.25, -0.2) is 0 Å². The first-order valence-corrected chi connectivity index (χ1v) is 7.56. The van der Waals surface area contributed by atoms with Gasteiger partial charge in [-0.2, -0.15) is 0 Å². The summed E-state index contributed by atoms with van der Waals surface area (Å²) in [6, 6.07) is 4.68. The van der Waals surface area contributed by atoms with Crippen molar-refractivity contribution in [2.45, 2.75) is 31.7 Å². The molecule has 3 aliphatic rings. The zero-order valence-corrected chi connectivity index (χ0v) is 11.7. The molecule has 20 heavy (non-hydrogen) atoms. The van der Waals surface area contributed by atoms with Crippen molar-refractivity contribution in [2.75, 3.05) is 26.4 Å². The predicted molar refractivity (Wildman–Crippen MR) is 75.2 cm³/mol. The molecule has 1 fully saturated rings. The van der Waals surface area contributed by atoms with Crippen LogP contribution in [0.4, 0.5) is 0 Å². The van der Waals surface area contributed by atoms with E-state index in [0.717, 1.165) is 43.7 Å². The van der Waals surface area contributed by atoms with Crippen LogP contribution in [0.25, 0.3) is 0 Å². The van der Waals surface area contributed by atoms with E-state index in [-0.39, 0.29) is 5.41 Å². The van der Waals surface area contributed by atoms with Gasteiger partial charge in [0.15, 0.2) is 11.5 Å². The van der Waals surface area contributed by atoms with Crippen LogP contribution in [0.1, 0.15) is 36.4 Å². The fourth-order valence-electron chi connectivity index (χ4n) is 3.26. The first kappa shape index (κ1) is 12.5.